The number of aliphatic hydroxyl groups is 1. The van der Waals surface area contributed by atoms with Crippen LogP contribution in [0, 0.1) is 5.92 Å². The third-order valence-electron chi connectivity index (χ3n) is 3.33. The maximum absolute atomic E-state index is 10.0. The number of ether oxygens (including phenoxy) is 1. The third-order valence-corrected chi connectivity index (χ3v) is 3.33. The van der Waals surface area contributed by atoms with Gasteiger partial charge in [0.25, 0.3) is 0 Å². The first-order valence-electron chi connectivity index (χ1n) is 6.79. The molecule has 0 saturated carbocycles. The SMILES string of the molecule is CCC(CC)C(O)CNC(CCCN)COC. The molecule has 0 aliphatic carbocycles. The number of hydrogen-bond acceptors (Lipinski definition) is 4. The molecule has 0 amide bonds. The monoisotopic (exact) mass is 246 g/mol. The number of aliphatic hydroxyl groups excluding tert-OH is 1. The predicted octanol–water partition coefficient (Wildman–Crippen LogP) is 1.13. The van der Waals surface area contributed by atoms with E-state index in [4.69, 9.17) is 10.5 Å². The second-order valence-electron chi connectivity index (χ2n) is 4.64. The van der Waals surface area contributed by atoms with E-state index in [0.717, 1.165) is 25.7 Å². The van der Waals surface area contributed by atoms with Gasteiger partial charge in [-0.3, -0.25) is 0 Å². The Balaban J connectivity index is 3.92. The molecule has 0 aliphatic rings. The van der Waals surface area contributed by atoms with Gasteiger partial charge < -0.3 is 20.9 Å². The average molecular weight is 246 g/mol. The smallest absolute Gasteiger partial charge is 0.0692 e. The molecular formula is C13H30N2O2. The molecule has 0 fully saturated rings. The standard InChI is InChI=1S/C13H30N2O2/c1-4-11(5-2)13(16)9-15-12(10-17-3)7-6-8-14/h11-13,15-16H,4-10,14H2,1-3H3. The Labute approximate surface area is 106 Å². The zero-order chi connectivity index (χ0) is 13.1. The highest BCUT2D eigenvalue weighted by Gasteiger charge is 2.17. The van der Waals surface area contributed by atoms with Crippen LogP contribution in [-0.4, -0.2) is 44.1 Å². The van der Waals surface area contributed by atoms with Crippen LogP contribution in [0.25, 0.3) is 0 Å². The van der Waals surface area contributed by atoms with E-state index >= 15 is 0 Å². The minimum Gasteiger partial charge on any atom is -0.392 e. The summed E-state index contributed by atoms with van der Waals surface area (Å²) in [4.78, 5) is 0. The zero-order valence-corrected chi connectivity index (χ0v) is 11.6. The topological polar surface area (TPSA) is 67.5 Å². The lowest BCUT2D eigenvalue weighted by Gasteiger charge is -2.24. The number of methoxy groups -OCH3 is 1. The Bertz CT molecular complexity index is 163. The number of hydrogen-bond donors (Lipinski definition) is 3. The van der Waals surface area contributed by atoms with E-state index in [2.05, 4.69) is 19.2 Å². The van der Waals surface area contributed by atoms with E-state index in [0.29, 0.717) is 31.7 Å². The van der Waals surface area contributed by atoms with Gasteiger partial charge >= 0.3 is 0 Å². The van der Waals surface area contributed by atoms with Crippen LogP contribution < -0.4 is 11.1 Å². The van der Waals surface area contributed by atoms with Crippen molar-refractivity contribution in [2.45, 2.75) is 51.7 Å². The summed E-state index contributed by atoms with van der Waals surface area (Å²) < 4.78 is 5.16. The molecule has 17 heavy (non-hydrogen) atoms. The van der Waals surface area contributed by atoms with E-state index in [1.807, 2.05) is 0 Å². The van der Waals surface area contributed by atoms with Gasteiger partial charge in [0.1, 0.15) is 0 Å². The van der Waals surface area contributed by atoms with E-state index in [-0.39, 0.29) is 6.10 Å². The molecule has 4 nitrogen and oxygen atoms in total. The third kappa shape index (κ3) is 7.71. The molecule has 0 aromatic rings. The fraction of sp³-hybridized carbons (Fsp3) is 1.00. The molecule has 0 aliphatic heterocycles. The first-order chi connectivity index (χ1) is 8.19. The van der Waals surface area contributed by atoms with Gasteiger partial charge in [0, 0.05) is 19.7 Å². The second kappa shape index (κ2) is 11.0. The largest absolute Gasteiger partial charge is 0.392 e. The van der Waals surface area contributed by atoms with Crippen LogP contribution in [0.4, 0.5) is 0 Å². The molecule has 4 N–H and O–H groups in total. The van der Waals surface area contributed by atoms with Crippen LogP contribution in [0.3, 0.4) is 0 Å². The molecule has 4 heteroatoms. The minimum atomic E-state index is -0.262. The van der Waals surface area contributed by atoms with Crippen molar-refractivity contribution in [3.8, 4) is 0 Å². The van der Waals surface area contributed by atoms with Crippen molar-refractivity contribution in [2.24, 2.45) is 11.7 Å². The first-order valence-corrected chi connectivity index (χ1v) is 6.79. The Hall–Kier alpha value is -0.160. The number of rotatable bonds is 11. The van der Waals surface area contributed by atoms with Gasteiger partial charge in [-0.25, -0.2) is 0 Å². The van der Waals surface area contributed by atoms with Gasteiger partial charge in [-0.05, 0) is 25.3 Å². The molecule has 0 aromatic carbocycles. The predicted molar refractivity (Wildman–Crippen MR) is 72.0 cm³/mol. The van der Waals surface area contributed by atoms with Gasteiger partial charge in [-0.1, -0.05) is 26.7 Å². The maximum atomic E-state index is 10.0. The maximum Gasteiger partial charge on any atom is 0.0692 e. The summed E-state index contributed by atoms with van der Waals surface area (Å²) in [5.41, 5.74) is 5.50. The fourth-order valence-electron chi connectivity index (χ4n) is 2.10. The minimum absolute atomic E-state index is 0.262. The van der Waals surface area contributed by atoms with Gasteiger partial charge in [0.15, 0.2) is 0 Å². The molecule has 2 atom stereocenters. The highest BCUT2D eigenvalue weighted by molar-refractivity contribution is 4.73. The van der Waals surface area contributed by atoms with Crippen molar-refractivity contribution < 1.29 is 9.84 Å². The molecule has 0 aromatic heterocycles. The lowest BCUT2D eigenvalue weighted by atomic mass is 9.96. The van der Waals surface area contributed by atoms with Gasteiger partial charge in [0.05, 0.1) is 12.7 Å². The molecule has 104 valence electrons. The average Bonchev–Trinajstić information content (AvgIpc) is 2.34. The number of nitrogens with one attached hydrogen (secondary N) is 1. The second-order valence-corrected chi connectivity index (χ2v) is 4.64. The number of nitrogens with two attached hydrogens (primary N) is 1. The summed E-state index contributed by atoms with van der Waals surface area (Å²) >= 11 is 0. The summed E-state index contributed by atoms with van der Waals surface area (Å²) in [6.07, 6.45) is 3.78. The molecule has 2 unspecified atom stereocenters. The van der Waals surface area contributed by atoms with E-state index in [1.165, 1.54) is 0 Å². The van der Waals surface area contributed by atoms with E-state index < -0.39 is 0 Å². The van der Waals surface area contributed by atoms with Crippen LogP contribution in [0.5, 0.6) is 0 Å². The fourth-order valence-corrected chi connectivity index (χ4v) is 2.10. The lowest BCUT2D eigenvalue weighted by Crippen LogP contribution is -2.41. The summed E-state index contributed by atoms with van der Waals surface area (Å²) in [6.45, 7) is 6.27. The Morgan fingerprint density at radius 1 is 1.29 bits per heavy atom. The molecule has 0 spiro atoms. The molecule has 0 saturated heterocycles. The van der Waals surface area contributed by atoms with Crippen molar-refractivity contribution in [1.82, 2.24) is 5.32 Å². The molecule has 0 bridgehead atoms. The Morgan fingerprint density at radius 2 is 1.94 bits per heavy atom. The van der Waals surface area contributed by atoms with Crippen LogP contribution in [0.2, 0.25) is 0 Å². The van der Waals surface area contributed by atoms with Gasteiger partial charge in [0.2, 0.25) is 0 Å². The Kier molecular flexibility index (Phi) is 10.9. The summed E-state index contributed by atoms with van der Waals surface area (Å²) in [7, 11) is 1.70. The summed E-state index contributed by atoms with van der Waals surface area (Å²) in [5.74, 6) is 0.389. The molecule has 0 heterocycles. The van der Waals surface area contributed by atoms with Crippen LogP contribution >= 0.6 is 0 Å². The first kappa shape index (κ1) is 16.8. The van der Waals surface area contributed by atoms with Crippen molar-refractivity contribution in [1.29, 1.82) is 0 Å². The lowest BCUT2D eigenvalue weighted by molar-refractivity contribution is 0.0892. The van der Waals surface area contributed by atoms with Crippen LogP contribution in [0.15, 0.2) is 0 Å². The van der Waals surface area contributed by atoms with Gasteiger partial charge in [-0.2, -0.15) is 0 Å². The van der Waals surface area contributed by atoms with Gasteiger partial charge in [-0.15, -0.1) is 0 Å². The summed E-state index contributed by atoms with van der Waals surface area (Å²) in [5, 5.41) is 13.4. The molecular weight excluding hydrogens is 216 g/mol. The zero-order valence-electron chi connectivity index (χ0n) is 11.6. The molecule has 0 rings (SSSR count). The quantitative estimate of drug-likeness (QED) is 0.511. The van der Waals surface area contributed by atoms with E-state index in [1.54, 1.807) is 7.11 Å². The highest BCUT2D eigenvalue weighted by Crippen LogP contribution is 2.12. The normalized spacial score (nSPS) is 15.2. The van der Waals surface area contributed by atoms with Crippen molar-refractivity contribution in [3.05, 3.63) is 0 Å². The molecule has 0 radical (unpaired) electrons. The van der Waals surface area contributed by atoms with Crippen LogP contribution in [0.1, 0.15) is 39.5 Å². The van der Waals surface area contributed by atoms with Crippen molar-refractivity contribution in [2.75, 3.05) is 26.8 Å². The summed E-state index contributed by atoms with van der Waals surface area (Å²) in [6, 6.07) is 0.299. The highest BCUT2D eigenvalue weighted by atomic mass is 16.5. The van der Waals surface area contributed by atoms with Crippen LogP contribution in [-0.2, 0) is 4.74 Å². The van der Waals surface area contributed by atoms with E-state index in [9.17, 15) is 5.11 Å². The van der Waals surface area contributed by atoms with Crippen molar-refractivity contribution >= 4 is 0 Å². The Morgan fingerprint density at radius 3 is 2.41 bits per heavy atom. The van der Waals surface area contributed by atoms with Crippen molar-refractivity contribution in [3.63, 3.8) is 0 Å².